The van der Waals surface area contributed by atoms with E-state index in [4.69, 9.17) is 0 Å². The molecule has 0 atom stereocenters. The first-order valence-corrected chi connectivity index (χ1v) is 10.8. The minimum atomic E-state index is -0.665. The van der Waals surface area contributed by atoms with Crippen LogP contribution in [0.5, 0.6) is 0 Å². The van der Waals surface area contributed by atoms with E-state index in [1.165, 1.54) is 12.8 Å². The fourth-order valence-electron chi connectivity index (χ4n) is 3.38. The van der Waals surface area contributed by atoms with E-state index in [2.05, 4.69) is 55.4 Å². The van der Waals surface area contributed by atoms with Crippen LogP contribution >= 0.6 is 0 Å². The van der Waals surface area contributed by atoms with Gasteiger partial charge in [-0.3, -0.25) is 0 Å². The first-order valence-electron chi connectivity index (χ1n) is 8.30. The Bertz CT molecular complexity index is 535. The summed E-state index contributed by atoms with van der Waals surface area (Å²) < 4.78 is 3.63. The van der Waals surface area contributed by atoms with Crippen LogP contribution in [0.1, 0.15) is 68.2 Å². The SMILES string of the molecule is CC1=C(C)[C]([Zr+2][C]2=C(C(C)C)CC(C)=C2C)=C(C(C)C)C1.[Cl-].[Cl-]. The van der Waals surface area contributed by atoms with Gasteiger partial charge in [0.15, 0.2) is 0 Å². The van der Waals surface area contributed by atoms with Gasteiger partial charge >= 0.3 is 143 Å². The Morgan fingerprint density at radius 3 is 1.22 bits per heavy atom. The largest absolute Gasteiger partial charge is 1.00 e. The fraction of sp³-hybridized carbons (Fsp3) is 0.600. The Hall–Kier alpha value is 0.423. The summed E-state index contributed by atoms with van der Waals surface area (Å²) in [5.41, 5.74) is 10.0. The molecule has 0 radical (unpaired) electrons. The summed E-state index contributed by atoms with van der Waals surface area (Å²) in [5, 5.41) is 0. The summed E-state index contributed by atoms with van der Waals surface area (Å²) >= 11 is -0.665. The van der Waals surface area contributed by atoms with Crippen molar-refractivity contribution in [2.45, 2.75) is 68.2 Å². The Morgan fingerprint density at radius 1 is 0.652 bits per heavy atom. The van der Waals surface area contributed by atoms with E-state index in [1.807, 2.05) is 6.56 Å². The molecule has 2 aliphatic carbocycles. The van der Waals surface area contributed by atoms with Crippen LogP contribution in [0.15, 0.2) is 40.0 Å². The molecule has 0 spiro atoms. The third kappa shape index (κ3) is 4.74. The van der Waals surface area contributed by atoms with E-state index in [1.54, 1.807) is 33.4 Å². The van der Waals surface area contributed by atoms with Gasteiger partial charge in [0, 0.05) is 0 Å². The van der Waals surface area contributed by atoms with Gasteiger partial charge in [-0.15, -0.1) is 0 Å². The predicted molar refractivity (Wildman–Crippen MR) is 89.7 cm³/mol. The second-order valence-corrected chi connectivity index (χ2v) is 10.5. The number of halogens is 2. The van der Waals surface area contributed by atoms with E-state index < -0.39 is 23.2 Å². The molecule has 23 heavy (non-hydrogen) atoms. The maximum absolute atomic E-state index is 2.38. The van der Waals surface area contributed by atoms with Crippen molar-refractivity contribution in [3.05, 3.63) is 40.0 Å². The van der Waals surface area contributed by atoms with Gasteiger partial charge in [0.2, 0.25) is 0 Å². The van der Waals surface area contributed by atoms with E-state index in [0.717, 1.165) is 0 Å². The Kier molecular flexibility index (Phi) is 9.38. The summed E-state index contributed by atoms with van der Waals surface area (Å²) in [4.78, 5) is 0. The summed E-state index contributed by atoms with van der Waals surface area (Å²) in [6, 6.07) is 0. The molecule has 2 aliphatic rings. The van der Waals surface area contributed by atoms with Crippen molar-refractivity contribution in [3.8, 4) is 0 Å². The molecule has 0 unspecified atom stereocenters. The average Bonchev–Trinajstić information content (AvgIpc) is 2.84. The molecule has 0 aliphatic heterocycles. The Labute approximate surface area is 167 Å². The van der Waals surface area contributed by atoms with Crippen LogP contribution in [0.4, 0.5) is 0 Å². The molecule has 3 heteroatoms. The van der Waals surface area contributed by atoms with E-state index in [-0.39, 0.29) is 24.8 Å². The van der Waals surface area contributed by atoms with Gasteiger partial charge in [-0.05, 0) is 0 Å². The maximum atomic E-state index is 2.38. The Balaban J connectivity index is 0.00000242. The van der Waals surface area contributed by atoms with Crippen LogP contribution < -0.4 is 24.8 Å². The van der Waals surface area contributed by atoms with Crippen LogP contribution in [-0.2, 0) is 23.2 Å². The fourth-order valence-corrected chi connectivity index (χ4v) is 8.61. The van der Waals surface area contributed by atoms with Crippen molar-refractivity contribution in [1.82, 2.24) is 0 Å². The first-order chi connectivity index (χ1) is 9.73. The van der Waals surface area contributed by atoms with Gasteiger partial charge < -0.3 is 24.8 Å². The monoisotopic (exact) mass is 430 g/mol. The molecule has 0 bridgehead atoms. The van der Waals surface area contributed by atoms with Crippen LogP contribution in [0, 0.1) is 11.8 Å². The van der Waals surface area contributed by atoms with Gasteiger partial charge in [-0.1, -0.05) is 0 Å². The average molecular weight is 433 g/mol. The molecule has 0 aromatic carbocycles. The molecule has 2 rings (SSSR count). The number of hydrogen-bond acceptors (Lipinski definition) is 0. The molecule has 0 saturated heterocycles. The standard InChI is InChI=1S/2C10H15.2ClH.Zr/c2*1-7(2)10-5-8(3)9(4)6-10;;;/h2*7H,5H2,1-4H3;2*1H;/q;;;;+2/p-2. The summed E-state index contributed by atoms with van der Waals surface area (Å²) in [6.45, 7) is 18.9. The van der Waals surface area contributed by atoms with E-state index in [0.29, 0.717) is 11.8 Å². The van der Waals surface area contributed by atoms with E-state index >= 15 is 0 Å². The van der Waals surface area contributed by atoms with Gasteiger partial charge in [-0.25, -0.2) is 0 Å². The molecule has 0 aromatic rings. The maximum Gasteiger partial charge on any atom is -1.00 e. The topological polar surface area (TPSA) is 0 Å². The minimum Gasteiger partial charge on any atom is -1.00 e. The van der Waals surface area contributed by atoms with Crippen LogP contribution in [-0.4, -0.2) is 0 Å². The van der Waals surface area contributed by atoms with Crippen molar-refractivity contribution >= 4 is 0 Å². The van der Waals surface area contributed by atoms with Gasteiger partial charge in [0.1, 0.15) is 0 Å². The zero-order valence-corrected chi connectivity index (χ0v) is 19.8. The van der Waals surface area contributed by atoms with Crippen LogP contribution in [0.25, 0.3) is 0 Å². The van der Waals surface area contributed by atoms with Crippen LogP contribution in [0.2, 0.25) is 0 Å². The molecule has 0 saturated carbocycles. The van der Waals surface area contributed by atoms with Gasteiger partial charge in [-0.2, -0.15) is 0 Å². The van der Waals surface area contributed by atoms with Gasteiger partial charge in [0.25, 0.3) is 0 Å². The molecule has 0 nitrogen and oxygen atoms in total. The summed E-state index contributed by atoms with van der Waals surface area (Å²) in [5.74, 6) is 1.42. The minimum absolute atomic E-state index is 0. The zero-order valence-electron chi connectivity index (χ0n) is 15.8. The third-order valence-corrected chi connectivity index (χ3v) is 9.88. The first kappa shape index (κ1) is 23.4. The molecule has 0 N–H and O–H groups in total. The van der Waals surface area contributed by atoms with Crippen molar-refractivity contribution in [2.24, 2.45) is 11.8 Å². The van der Waals surface area contributed by atoms with Crippen molar-refractivity contribution in [3.63, 3.8) is 0 Å². The third-order valence-electron chi connectivity index (χ3n) is 5.23. The van der Waals surface area contributed by atoms with Crippen molar-refractivity contribution in [2.75, 3.05) is 0 Å². The van der Waals surface area contributed by atoms with E-state index in [9.17, 15) is 0 Å². The molecule has 0 heterocycles. The zero-order chi connectivity index (χ0) is 15.9. The quantitative estimate of drug-likeness (QED) is 0.603. The number of hydrogen-bond donors (Lipinski definition) is 0. The molecular formula is C20H30Cl2Zr. The Morgan fingerprint density at radius 2 is 0.957 bits per heavy atom. The normalized spacial score (nSPS) is 18.2. The second kappa shape index (κ2) is 9.21. The van der Waals surface area contributed by atoms with Crippen molar-refractivity contribution < 1.29 is 48.0 Å². The smallest absolute Gasteiger partial charge is 1.00 e. The van der Waals surface area contributed by atoms with Crippen molar-refractivity contribution in [1.29, 1.82) is 0 Å². The number of allylic oxidation sites excluding steroid dienone is 8. The molecular weight excluding hydrogens is 402 g/mol. The second-order valence-electron chi connectivity index (χ2n) is 7.40. The molecule has 128 valence electrons. The van der Waals surface area contributed by atoms with Crippen LogP contribution in [0.3, 0.4) is 0 Å². The summed E-state index contributed by atoms with van der Waals surface area (Å²) in [7, 11) is 0. The molecule has 0 amide bonds. The van der Waals surface area contributed by atoms with Gasteiger partial charge in [0.05, 0.1) is 0 Å². The number of rotatable bonds is 4. The predicted octanol–water partition coefficient (Wildman–Crippen LogP) is 0.377. The molecule has 0 aromatic heterocycles. The summed E-state index contributed by atoms with van der Waals surface area (Å²) in [6.07, 6.45) is 2.48. The molecule has 0 fully saturated rings.